The molecule has 1 aromatic heterocycles. The summed E-state index contributed by atoms with van der Waals surface area (Å²) in [5.74, 6) is 0.858. The average molecular weight is 325 g/mol. The number of fused-ring (bicyclic) bond motifs is 1. The van der Waals surface area contributed by atoms with E-state index in [2.05, 4.69) is 26.2 Å². The van der Waals surface area contributed by atoms with Gasteiger partial charge in [-0.15, -0.1) is 0 Å². The van der Waals surface area contributed by atoms with Crippen molar-refractivity contribution < 1.29 is 4.79 Å². The molecule has 0 radical (unpaired) electrons. The lowest BCUT2D eigenvalue weighted by Crippen LogP contribution is -2.12. The first-order chi connectivity index (χ1) is 8.70. The van der Waals surface area contributed by atoms with Gasteiger partial charge in [0.1, 0.15) is 0 Å². The molecular formula is C13H13BrN2OS. The van der Waals surface area contributed by atoms with E-state index in [9.17, 15) is 4.79 Å². The van der Waals surface area contributed by atoms with Gasteiger partial charge in [0.2, 0.25) is 5.91 Å². The second-order valence-electron chi connectivity index (χ2n) is 3.82. The first-order valence-corrected chi connectivity index (χ1v) is 7.72. The number of nitrogens with one attached hydrogen (secondary N) is 1. The van der Waals surface area contributed by atoms with Crippen LogP contribution in [0, 0.1) is 0 Å². The Balaban J connectivity index is 2.25. The van der Waals surface area contributed by atoms with Gasteiger partial charge in [0.15, 0.2) is 0 Å². The van der Waals surface area contributed by atoms with Crippen molar-refractivity contribution >= 4 is 50.2 Å². The lowest BCUT2D eigenvalue weighted by molar-refractivity contribution is -0.115. The highest BCUT2D eigenvalue weighted by Gasteiger charge is 2.06. The zero-order valence-corrected chi connectivity index (χ0v) is 12.3. The Morgan fingerprint density at radius 1 is 1.50 bits per heavy atom. The quantitative estimate of drug-likeness (QED) is 0.932. The molecule has 3 nitrogen and oxygen atoms in total. The van der Waals surface area contributed by atoms with Crippen molar-refractivity contribution in [1.82, 2.24) is 4.98 Å². The molecule has 2 aromatic rings. The predicted molar refractivity (Wildman–Crippen MR) is 81.1 cm³/mol. The molecule has 0 aliphatic carbocycles. The summed E-state index contributed by atoms with van der Waals surface area (Å²) in [4.78, 5) is 16.1. The van der Waals surface area contributed by atoms with Gasteiger partial charge in [0.25, 0.3) is 0 Å². The zero-order chi connectivity index (χ0) is 13.0. The minimum Gasteiger partial charge on any atom is -0.324 e. The molecule has 1 aromatic carbocycles. The highest BCUT2D eigenvalue weighted by Crippen LogP contribution is 2.24. The summed E-state index contributed by atoms with van der Waals surface area (Å²) in [5.41, 5.74) is 1.59. The number of thioether (sulfide) groups is 1. The number of amides is 1. The summed E-state index contributed by atoms with van der Waals surface area (Å²) < 4.78 is 0.931. The first-order valence-electron chi connectivity index (χ1n) is 5.54. The third kappa shape index (κ3) is 3.23. The molecule has 0 bridgehead atoms. The minimum atomic E-state index is 0.0292. The third-order valence-corrected chi connectivity index (χ3v) is 3.53. The van der Waals surface area contributed by atoms with E-state index < -0.39 is 0 Å². The highest BCUT2D eigenvalue weighted by atomic mass is 79.9. The van der Waals surface area contributed by atoms with Crippen LogP contribution in [0.4, 0.5) is 5.69 Å². The number of pyridine rings is 1. The van der Waals surface area contributed by atoms with E-state index in [4.69, 9.17) is 0 Å². The number of aromatic nitrogens is 1. The van der Waals surface area contributed by atoms with E-state index in [-0.39, 0.29) is 5.91 Å². The van der Waals surface area contributed by atoms with E-state index in [0.717, 1.165) is 26.8 Å². The number of para-hydroxylation sites is 1. The van der Waals surface area contributed by atoms with Gasteiger partial charge in [-0.05, 0) is 34.3 Å². The number of nitrogens with zero attached hydrogens (tertiary/aromatic N) is 1. The molecule has 0 atom stereocenters. The molecule has 1 heterocycles. The first kappa shape index (κ1) is 13.4. The molecule has 0 spiro atoms. The van der Waals surface area contributed by atoms with Crippen LogP contribution < -0.4 is 5.32 Å². The Morgan fingerprint density at radius 3 is 3.11 bits per heavy atom. The van der Waals surface area contributed by atoms with Gasteiger partial charge < -0.3 is 5.32 Å². The lowest BCUT2D eigenvalue weighted by atomic mass is 10.2. The molecule has 0 unspecified atom stereocenters. The Labute approximate surface area is 118 Å². The van der Waals surface area contributed by atoms with Crippen LogP contribution in [0.2, 0.25) is 0 Å². The van der Waals surface area contributed by atoms with Crippen molar-refractivity contribution in [1.29, 1.82) is 0 Å². The summed E-state index contributed by atoms with van der Waals surface area (Å²) in [6.45, 7) is 0. The fourth-order valence-electron chi connectivity index (χ4n) is 1.64. The van der Waals surface area contributed by atoms with Crippen molar-refractivity contribution in [2.45, 2.75) is 6.42 Å². The molecule has 2 rings (SSSR count). The van der Waals surface area contributed by atoms with Crippen molar-refractivity contribution in [3.8, 4) is 0 Å². The molecule has 0 saturated heterocycles. The summed E-state index contributed by atoms with van der Waals surface area (Å²) in [6.07, 6.45) is 4.25. The molecule has 5 heteroatoms. The monoisotopic (exact) mass is 324 g/mol. The number of rotatable bonds is 4. The number of anilines is 1. The standard InChI is InChI=1S/C13H13BrN2OS/c1-18-6-5-12(17)16-11-4-2-3-9-7-10(14)8-15-13(9)11/h2-4,7-8H,5-6H2,1H3,(H,16,17). The van der Waals surface area contributed by atoms with Gasteiger partial charge in [0, 0.05) is 28.2 Å². The van der Waals surface area contributed by atoms with Crippen LogP contribution in [0.5, 0.6) is 0 Å². The maximum atomic E-state index is 11.7. The summed E-state index contributed by atoms with van der Waals surface area (Å²) in [6, 6.07) is 7.76. The molecule has 0 fully saturated rings. The van der Waals surface area contributed by atoms with Crippen molar-refractivity contribution in [3.05, 3.63) is 34.9 Å². The normalized spacial score (nSPS) is 10.6. The predicted octanol–water partition coefficient (Wildman–Crippen LogP) is 3.69. The van der Waals surface area contributed by atoms with Crippen LogP contribution in [-0.2, 0) is 4.79 Å². The van der Waals surface area contributed by atoms with Gasteiger partial charge >= 0.3 is 0 Å². The second-order valence-corrected chi connectivity index (χ2v) is 5.72. The maximum absolute atomic E-state index is 11.7. The molecule has 1 amide bonds. The van der Waals surface area contributed by atoms with Crippen LogP contribution in [0.1, 0.15) is 6.42 Å². The largest absolute Gasteiger partial charge is 0.324 e. The number of carbonyl (C=O) groups is 1. The van der Waals surface area contributed by atoms with Crippen LogP contribution >= 0.6 is 27.7 Å². The Bertz CT molecular complexity index is 574. The fourth-order valence-corrected chi connectivity index (χ4v) is 2.38. The Kier molecular flexibility index (Phi) is 4.60. The minimum absolute atomic E-state index is 0.0292. The molecule has 0 aliphatic rings. The molecule has 0 saturated carbocycles. The fraction of sp³-hybridized carbons (Fsp3) is 0.231. The smallest absolute Gasteiger partial charge is 0.225 e. The molecule has 0 aliphatic heterocycles. The summed E-state index contributed by atoms with van der Waals surface area (Å²) >= 11 is 5.05. The van der Waals surface area contributed by atoms with Crippen LogP contribution in [0.3, 0.4) is 0 Å². The van der Waals surface area contributed by atoms with Crippen molar-refractivity contribution in [2.75, 3.05) is 17.3 Å². The van der Waals surface area contributed by atoms with Gasteiger partial charge in [-0.1, -0.05) is 12.1 Å². The second kappa shape index (κ2) is 6.20. The molecule has 18 heavy (non-hydrogen) atoms. The maximum Gasteiger partial charge on any atom is 0.225 e. The summed E-state index contributed by atoms with van der Waals surface area (Å²) in [5, 5.41) is 3.92. The molecule has 1 N–H and O–H groups in total. The van der Waals surface area contributed by atoms with E-state index in [1.165, 1.54) is 0 Å². The SMILES string of the molecule is CSCCC(=O)Nc1cccc2cc(Br)cnc12. The van der Waals surface area contributed by atoms with Gasteiger partial charge in [-0.3, -0.25) is 9.78 Å². The van der Waals surface area contributed by atoms with E-state index >= 15 is 0 Å². The number of benzene rings is 1. The Hall–Kier alpha value is -1.07. The number of hydrogen-bond acceptors (Lipinski definition) is 3. The summed E-state index contributed by atoms with van der Waals surface area (Å²) in [7, 11) is 0. The van der Waals surface area contributed by atoms with E-state index in [0.29, 0.717) is 6.42 Å². The van der Waals surface area contributed by atoms with E-state index in [1.807, 2.05) is 30.5 Å². The van der Waals surface area contributed by atoms with Gasteiger partial charge in [0.05, 0.1) is 11.2 Å². The molecular weight excluding hydrogens is 312 g/mol. The molecule has 94 valence electrons. The van der Waals surface area contributed by atoms with Crippen LogP contribution in [0.25, 0.3) is 10.9 Å². The van der Waals surface area contributed by atoms with Gasteiger partial charge in [-0.2, -0.15) is 11.8 Å². The average Bonchev–Trinajstić information content (AvgIpc) is 2.36. The Morgan fingerprint density at radius 2 is 2.33 bits per heavy atom. The van der Waals surface area contributed by atoms with Crippen molar-refractivity contribution in [3.63, 3.8) is 0 Å². The highest BCUT2D eigenvalue weighted by molar-refractivity contribution is 9.10. The van der Waals surface area contributed by atoms with Crippen molar-refractivity contribution in [2.24, 2.45) is 0 Å². The lowest BCUT2D eigenvalue weighted by Gasteiger charge is -2.07. The van der Waals surface area contributed by atoms with Crippen LogP contribution in [0.15, 0.2) is 34.9 Å². The van der Waals surface area contributed by atoms with Gasteiger partial charge in [-0.25, -0.2) is 0 Å². The number of hydrogen-bond donors (Lipinski definition) is 1. The van der Waals surface area contributed by atoms with Crippen LogP contribution in [-0.4, -0.2) is 22.9 Å². The number of halogens is 1. The number of carbonyl (C=O) groups excluding carboxylic acids is 1. The topological polar surface area (TPSA) is 42.0 Å². The third-order valence-electron chi connectivity index (χ3n) is 2.48. The zero-order valence-electron chi connectivity index (χ0n) is 9.94. The van der Waals surface area contributed by atoms with E-state index in [1.54, 1.807) is 18.0 Å².